The van der Waals surface area contributed by atoms with Crippen LogP contribution in [0.5, 0.6) is 0 Å². The molecular weight excluding hydrogens is 208 g/mol. The van der Waals surface area contributed by atoms with Gasteiger partial charge in [0.25, 0.3) is 0 Å². The highest BCUT2D eigenvalue weighted by Crippen LogP contribution is 2.31. The SMILES string of the molecule is Cc1ccc2cc(C(N)C(C)(C)C)ccc2n1. The van der Waals surface area contributed by atoms with Crippen LogP contribution in [0.1, 0.15) is 38.1 Å². The third-order valence-electron chi connectivity index (χ3n) is 3.14. The Hall–Kier alpha value is -1.41. The van der Waals surface area contributed by atoms with Gasteiger partial charge in [0.15, 0.2) is 0 Å². The lowest BCUT2D eigenvalue weighted by Crippen LogP contribution is -2.26. The molecule has 1 aromatic heterocycles. The zero-order chi connectivity index (χ0) is 12.6. The molecule has 0 aliphatic carbocycles. The standard InChI is InChI=1S/C15H20N2/c1-10-5-6-11-9-12(7-8-13(11)17-10)14(16)15(2,3)4/h5-9,14H,16H2,1-4H3. The maximum absolute atomic E-state index is 6.27. The summed E-state index contributed by atoms with van der Waals surface area (Å²) in [4.78, 5) is 4.50. The molecule has 0 aliphatic rings. The molecule has 0 fully saturated rings. The van der Waals surface area contributed by atoms with Gasteiger partial charge in [-0.15, -0.1) is 0 Å². The molecule has 0 aliphatic heterocycles. The average Bonchev–Trinajstić information content (AvgIpc) is 2.26. The highest BCUT2D eigenvalue weighted by Gasteiger charge is 2.22. The highest BCUT2D eigenvalue weighted by atomic mass is 14.7. The quantitative estimate of drug-likeness (QED) is 0.810. The second-order valence-electron chi connectivity index (χ2n) is 5.75. The first-order valence-corrected chi connectivity index (χ1v) is 6.01. The van der Waals surface area contributed by atoms with Crippen molar-refractivity contribution >= 4 is 10.9 Å². The Balaban J connectivity index is 2.48. The minimum absolute atomic E-state index is 0.0493. The van der Waals surface area contributed by atoms with Crippen LogP contribution in [0.2, 0.25) is 0 Å². The van der Waals surface area contributed by atoms with Crippen LogP contribution in [0, 0.1) is 12.3 Å². The summed E-state index contributed by atoms with van der Waals surface area (Å²) >= 11 is 0. The second kappa shape index (κ2) is 4.11. The van der Waals surface area contributed by atoms with E-state index in [1.165, 1.54) is 5.56 Å². The van der Waals surface area contributed by atoms with Crippen LogP contribution in [0.25, 0.3) is 10.9 Å². The van der Waals surface area contributed by atoms with Crippen LogP contribution in [0.3, 0.4) is 0 Å². The summed E-state index contributed by atoms with van der Waals surface area (Å²) in [6.07, 6.45) is 0. The summed E-state index contributed by atoms with van der Waals surface area (Å²) in [6, 6.07) is 10.5. The Labute approximate surface area is 103 Å². The van der Waals surface area contributed by atoms with E-state index in [2.05, 4.69) is 50.0 Å². The van der Waals surface area contributed by atoms with Gasteiger partial charge >= 0.3 is 0 Å². The van der Waals surface area contributed by atoms with Crippen LogP contribution in [-0.4, -0.2) is 4.98 Å². The predicted molar refractivity (Wildman–Crippen MR) is 72.9 cm³/mol. The van der Waals surface area contributed by atoms with E-state index in [1.54, 1.807) is 0 Å². The van der Waals surface area contributed by atoms with Crippen LogP contribution in [0.15, 0.2) is 30.3 Å². The van der Waals surface area contributed by atoms with Gasteiger partial charge < -0.3 is 5.73 Å². The van der Waals surface area contributed by atoms with Gasteiger partial charge in [0.2, 0.25) is 0 Å². The number of aryl methyl sites for hydroxylation is 1. The lowest BCUT2D eigenvalue weighted by molar-refractivity contribution is 0.327. The number of benzene rings is 1. The predicted octanol–water partition coefficient (Wildman–Crippen LogP) is 3.59. The van der Waals surface area contributed by atoms with Gasteiger partial charge in [-0.3, -0.25) is 4.98 Å². The number of nitrogens with two attached hydrogens (primary N) is 1. The Morgan fingerprint density at radius 2 is 1.82 bits per heavy atom. The number of nitrogens with zero attached hydrogens (tertiary/aromatic N) is 1. The van der Waals surface area contributed by atoms with Crippen molar-refractivity contribution in [2.24, 2.45) is 11.1 Å². The van der Waals surface area contributed by atoms with Crippen molar-refractivity contribution in [3.63, 3.8) is 0 Å². The third-order valence-corrected chi connectivity index (χ3v) is 3.14. The maximum Gasteiger partial charge on any atom is 0.0705 e. The van der Waals surface area contributed by atoms with E-state index in [0.717, 1.165) is 16.6 Å². The fourth-order valence-corrected chi connectivity index (χ4v) is 1.94. The molecule has 0 amide bonds. The zero-order valence-electron chi connectivity index (χ0n) is 11.0. The van der Waals surface area contributed by atoms with Crippen LogP contribution < -0.4 is 5.73 Å². The minimum Gasteiger partial charge on any atom is -0.324 e. The summed E-state index contributed by atoms with van der Waals surface area (Å²) < 4.78 is 0. The topological polar surface area (TPSA) is 38.9 Å². The van der Waals surface area contributed by atoms with Gasteiger partial charge in [-0.25, -0.2) is 0 Å². The molecule has 0 saturated carbocycles. The zero-order valence-corrected chi connectivity index (χ0v) is 11.0. The first-order valence-electron chi connectivity index (χ1n) is 6.01. The molecule has 1 unspecified atom stereocenters. The fourth-order valence-electron chi connectivity index (χ4n) is 1.94. The van der Waals surface area contributed by atoms with Crippen molar-refractivity contribution in [1.82, 2.24) is 4.98 Å². The molecule has 90 valence electrons. The first kappa shape index (κ1) is 12.1. The Kier molecular flexibility index (Phi) is 2.92. The molecule has 2 heteroatoms. The fraction of sp³-hybridized carbons (Fsp3) is 0.400. The van der Waals surface area contributed by atoms with Crippen molar-refractivity contribution in [3.8, 4) is 0 Å². The number of rotatable bonds is 1. The van der Waals surface area contributed by atoms with E-state index < -0.39 is 0 Å². The van der Waals surface area contributed by atoms with Crippen LogP contribution in [-0.2, 0) is 0 Å². The molecule has 0 radical (unpaired) electrons. The molecule has 17 heavy (non-hydrogen) atoms. The van der Waals surface area contributed by atoms with E-state index >= 15 is 0 Å². The number of hydrogen-bond acceptors (Lipinski definition) is 2. The molecule has 0 bridgehead atoms. The molecule has 2 N–H and O–H groups in total. The van der Waals surface area contributed by atoms with Crippen molar-refractivity contribution in [1.29, 1.82) is 0 Å². The van der Waals surface area contributed by atoms with Crippen molar-refractivity contribution in [2.75, 3.05) is 0 Å². The summed E-state index contributed by atoms with van der Waals surface area (Å²) in [7, 11) is 0. The molecule has 0 spiro atoms. The number of aromatic nitrogens is 1. The first-order chi connectivity index (χ1) is 7.88. The molecule has 2 nitrogen and oxygen atoms in total. The normalized spacial score (nSPS) is 13.9. The monoisotopic (exact) mass is 228 g/mol. The Bertz CT molecular complexity index is 538. The molecule has 2 aromatic rings. The van der Waals surface area contributed by atoms with Crippen molar-refractivity contribution in [3.05, 3.63) is 41.6 Å². The minimum atomic E-state index is 0.0493. The third kappa shape index (κ3) is 2.47. The largest absolute Gasteiger partial charge is 0.324 e. The molecule has 0 saturated heterocycles. The van der Waals surface area contributed by atoms with Crippen molar-refractivity contribution < 1.29 is 0 Å². The van der Waals surface area contributed by atoms with E-state index in [9.17, 15) is 0 Å². The summed E-state index contributed by atoms with van der Waals surface area (Å²) in [5.74, 6) is 0. The van der Waals surface area contributed by atoms with E-state index in [0.29, 0.717) is 0 Å². The number of pyridine rings is 1. The summed E-state index contributed by atoms with van der Waals surface area (Å²) in [5, 5.41) is 1.16. The summed E-state index contributed by atoms with van der Waals surface area (Å²) in [6.45, 7) is 8.49. The van der Waals surface area contributed by atoms with E-state index in [1.807, 2.05) is 13.0 Å². The van der Waals surface area contributed by atoms with Gasteiger partial charge in [0, 0.05) is 17.1 Å². The maximum atomic E-state index is 6.27. The lowest BCUT2D eigenvalue weighted by Gasteiger charge is -2.27. The van der Waals surface area contributed by atoms with Gasteiger partial charge in [0.1, 0.15) is 0 Å². The second-order valence-corrected chi connectivity index (χ2v) is 5.75. The van der Waals surface area contributed by atoms with Gasteiger partial charge in [-0.1, -0.05) is 32.9 Å². The average molecular weight is 228 g/mol. The Morgan fingerprint density at radius 1 is 1.12 bits per heavy atom. The van der Waals surface area contributed by atoms with Crippen LogP contribution >= 0.6 is 0 Å². The lowest BCUT2D eigenvalue weighted by atomic mass is 9.83. The Morgan fingerprint density at radius 3 is 2.47 bits per heavy atom. The molecular formula is C15H20N2. The van der Waals surface area contributed by atoms with E-state index in [4.69, 9.17) is 5.73 Å². The molecule has 1 aromatic carbocycles. The van der Waals surface area contributed by atoms with Crippen LogP contribution in [0.4, 0.5) is 0 Å². The molecule has 2 rings (SSSR count). The summed E-state index contributed by atoms with van der Waals surface area (Å²) in [5.41, 5.74) is 9.61. The number of fused-ring (bicyclic) bond motifs is 1. The van der Waals surface area contributed by atoms with Gasteiger partial charge in [0.05, 0.1) is 5.52 Å². The van der Waals surface area contributed by atoms with Gasteiger partial charge in [-0.05, 0) is 36.1 Å². The molecule has 1 heterocycles. The van der Waals surface area contributed by atoms with Gasteiger partial charge in [-0.2, -0.15) is 0 Å². The number of hydrogen-bond donors (Lipinski definition) is 1. The smallest absolute Gasteiger partial charge is 0.0705 e. The highest BCUT2D eigenvalue weighted by molar-refractivity contribution is 5.79. The molecule has 1 atom stereocenters. The van der Waals surface area contributed by atoms with Crippen molar-refractivity contribution in [2.45, 2.75) is 33.7 Å². The van der Waals surface area contributed by atoms with E-state index in [-0.39, 0.29) is 11.5 Å².